The highest BCUT2D eigenvalue weighted by atomic mass is 15.1. The van der Waals surface area contributed by atoms with Gasteiger partial charge in [0.25, 0.3) is 0 Å². The lowest BCUT2D eigenvalue weighted by atomic mass is 9.72. The van der Waals surface area contributed by atoms with Crippen molar-refractivity contribution in [2.75, 3.05) is 12.4 Å². The molecule has 0 saturated heterocycles. The van der Waals surface area contributed by atoms with E-state index in [4.69, 9.17) is 4.98 Å². The molecule has 2 heterocycles. The van der Waals surface area contributed by atoms with Crippen molar-refractivity contribution in [3.8, 4) is 22.4 Å². The molecule has 2 aromatic heterocycles. The molecule has 0 aliphatic heterocycles. The largest absolute Gasteiger partial charge is 0.391 e. The van der Waals surface area contributed by atoms with E-state index in [9.17, 15) is 0 Å². The molecular weight excluding hydrogens is 358 g/mol. The Bertz CT molecular complexity index is 1170. The minimum absolute atomic E-state index is 0.0939. The fraction of sp³-hybridized carbons (Fsp3) is 0.208. The number of pyridine rings is 1. The molecule has 0 radical (unpaired) electrons. The molecule has 0 atom stereocenters. The molecule has 0 unspecified atom stereocenters. The Hall–Kier alpha value is -3.31. The highest BCUT2D eigenvalue weighted by Gasteiger charge is 2.38. The minimum Gasteiger partial charge on any atom is -0.349 e. The van der Waals surface area contributed by atoms with Crippen LogP contribution in [0.15, 0.2) is 66.9 Å². The fourth-order valence-electron chi connectivity index (χ4n) is 4.06. The maximum Gasteiger partial charge on any atom is 0.391 e. The highest BCUT2D eigenvalue weighted by Crippen LogP contribution is 2.38. The van der Waals surface area contributed by atoms with Gasteiger partial charge in [-0.1, -0.05) is 59.6 Å². The number of aromatic amines is 1. The third kappa shape index (κ3) is 3.13. The molecule has 1 aliphatic carbocycles. The van der Waals surface area contributed by atoms with Crippen LogP contribution in [0.3, 0.4) is 0 Å². The van der Waals surface area contributed by atoms with Gasteiger partial charge in [-0.05, 0) is 18.1 Å². The summed E-state index contributed by atoms with van der Waals surface area (Å²) in [6.07, 6.45) is 5.56. The first-order valence-electron chi connectivity index (χ1n) is 10.1. The zero-order chi connectivity index (χ0) is 19.8. The molecule has 2 aromatic carbocycles. The van der Waals surface area contributed by atoms with Crippen molar-refractivity contribution < 1.29 is 10.7 Å². The minimum atomic E-state index is 0.0939. The van der Waals surface area contributed by atoms with Gasteiger partial charge in [-0.15, -0.1) is 0 Å². The average molecular weight is 383 g/mol. The number of benzene rings is 2. The van der Waals surface area contributed by atoms with Gasteiger partial charge < -0.3 is 5.73 Å². The summed E-state index contributed by atoms with van der Waals surface area (Å²) in [5, 5.41) is 4.03. The van der Waals surface area contributed by atoms with Gasteiger partial charge in [-0.3, -0.25) is 5.32 Å². The standard InChI is InChI=1S/C24H23N5/c1-26-23-27-15-18-14-20(16-6-3-2-4-7-16)21(28-22(18)29-23)17-8-10-19(11-9-17)24(25)12-5-13-24/h2-4,6-11,14-15H,5,12-13,25H2,1H3,(H,26,27,28,29)/p+2. The van der Waals surface area contributed by atoms with Crippen LogP contribution >= 0.6 is 0 Å². The second kappa shape index (κ2) is 6.94. The molecule has 29 heavy (non-hydrogen) atoms. The first-order valence-corrected chi connectivity index (χ1v) is 10.1. The van der Waals surface area contributed by atoms with Gasteiger partial charge in [0.1, 0.15) is 5.54 Å². The smallest absolute Gasteiger partial charge is 0.349 e. The number of aromatic nitrogens is 3. The van der Waals surface area contributed by atoms with Crippen LogP contribution in [0.2, 0.25) is 0 Å². The Balaban J connectivity index is 1.67. The summed E-state index contributed by atoms with van der Waals surface area (Å²) in [6, 6.07) is 21.4. The lowest BCUT2D eigenvalue weighted by Gasteiger charge is -2.34. The molecule has 5 N–H and O–H groups in total. The molecule has 5 nitrogen and oxygen atoms in total. The van der Waals surface area contributed by atoms with E-state index in [1.54, 1.807) is 0 Å². The quantitative estimate of drug-likeness (QED) is 0.566. The van der Waals surface area contributed by atoms with Crippen LogP contribution in [0.1, 0.15) is 24.8 Å². The van der Waals surface area contributed by atoms with Crippen LogP contribution in [0.5, 0.6) is 0 Å². The normalized spacial score (nSPS) is 15.1. The first kappa shape index (κ1) is 17.8. The van der Waals surface area contributed by atoms with Crippen LogP contribution in [0.4, 0.5) is 5.95 Å². The SMILES string of the molecule is CNc1nc2nc(-c3ccc(C4([NH3+])CCC4)cc3)c(-c3ccccc3)cc2c[nH+]1. The van der Waals surface area contributed by atoms with Crippen molar-refractivity contribution >= 4 is 17.0 Å². The fourth-order valence-corrected chi connectivity index (χ4v) is 4.06. The summed E-state index contributed by atoms with van der Waals surface area (Å²) in [5.74, 6) is 0.697. The average Bonchev–Trinajstić information content (AvgIpc) is 2.77. The first-order chi connectivity index (χ1) is 14.2. The van der Waals surface area contributed by atoms with Crippen LogP contribution in [-0.4, -0.2) is 17.0 Å². The predicted octanol–water partition coefficient (Wildman–Crippen LogP) is 3.44. The summed E-state index contributed by atoms with van der Waals surface area (Å²) in [5.41, 5.74) is 10.9. The number of H-pyrrole nitrogens is 1. The van der Waals surface area contributed by atoms with Crippen LogP contribution < -0.4 is 16.0 Å². The van der Waals surface area contributed by atoms with E-state index in [-0.39, 0.29) is 5.54 Å². The van der Waals surface area contributed by atoms with Gasteiger partial charge in [0.2, 0.25) is 5.65 Å². The molecule has 4 aromatic rings. The number of hydrogen-bond donors (Lipinski definition) is 2. The Morgan fingerprint density at radius 3 is 2.38 bits per heavy atom. The number of quaternary nitrogens is 1. The van der Waals surface area contributed by atoms with E-state index in [1.165, 1.54) is 24.8 Å². The van der Waals surface area contributed by atoms with Gasteiger partial charge in [0.05, 0.1) is 24.3 Å². The van der Waals surface area contributed by atoms with E-state index in [1.807, 2.05) is 19.3 Å². The zero-order valence-electron chi connectivity index (χ0n) is 16.6. The van der Waals surface area contributed by atoms with E-state index < -0.39 is 0 Å². The molecule has 0 spiro atoms. The summed E-state index contributed by atoms with van der Waals surface area (Å²) in [6.45, 7) is 0. The van der Waals surface area contributed by atoms with Crippen molar-refractivity contribution in [3.63, 3.8) is 0 Å². The Morgan fingerprint density at radius 1 is 0.966 bits per heavy atom. The van der Waals surface area contributed by atoms with Gasteiger partial charge in [0, 0.05) is 29.5 Å². The van der Waals surface area contributed by atoms with Crippen LogP contribution in [0, 0.1) is 0 Å². The van der Waals surface area contributed by atoms with Gasteiger partial charge in [-0.2, -0.15) is 0 Å². The summed E-state index contributed by atoms with van der Waals surface area (Å²) in [7, 11) is 1.84. The van der Waals surface area contributed by atoms with E-state index in [2.05, 4.69) is 75.6 Å². The third-order valence-electron chi connectivity index (χ3n) is 6.02. The van der Waals surface area contributed by atoms with Crippen molar-refractivity contribution in [1.29, 1.82) is 0 Å². The topological polar surface area (TPSA) is 79.6 Å². The number of fused-ring (bicyclic) bond motifs is 1. The number of hydrogen-bond acceptors (Lipinski definition) is 3. The molecule has 5 heteroatoms. The Kier molecular flexibility index (Phi) is 4.25. The van der Waals surface area contributed by atoms with E-state index >= 15 is 0 Å². The van der Waals surface area contributed by atoms with Crippen molar-refractivity contribution in [2.45, 2.75) is 24.8 Å². The molecule has 5 rings (SSSR count). The number of nitrogens with zero attached hydrogens (tertiary/aromatic N) is 2. The van der Waals surface area contributed by atoms with Crippen LogP contribution in [-0.2, 0) is 5.54 Å². The summed E-state index contributed by atoms with van der Waals surface area (Å²) in [4.78, 5) is 12.7. The van der Waals surface area contributed by atoms with Crippen molar-refractivity contribution in [2.24, 2.45) is 0 Å². The van der Waals surface area contributed by atoms with Gasteiger partial charge >= 0.3 is 5.95 Å². The number of rotatable bonds is 4. The molecule has 1 fully saturated rings. The Labute approximate surface area is 170 Å². The lowest BCUT2D eigenvalue weighted by molar-refractivity contribution is -0.509. The molecular formula is C24H25N5+2. The van der Waals surface area contributed by atoms with Crippen LogP contribution in [0.25, 0.3) is 33.4 Å². The third-order valence-corrected chi connectivity index (χ3v) is 6.02. The molecule has 144 valence electrons. The summed E-state index contributed by atoms with van der Waals surface area (Å²) >= 11 is 0. The maximum atomic E-state index is 4.97. The van der Waals surface area contributed by atoms with Crippen molar-refractivity contribution in [1.82, 2.24) is 9.97 Å². The molecule has 0 bridgehead atoms. The number of anilines is 1. The zero-order valence-corrected chi connectivity index (χ0v) is 16.6. The summed E-state index contributed by atoms with van der Waals surface area (Å²) < 4.78 is 0. The molecule has 1 saturated carbocycles. The molecule has 0 amide bonds. The second-order valence-corrected chi connectivity index (χ2v) is 7.87. The van der Waals surface area contributed by atoms with Gasteiger partial charge in [-0.25, -0.2) is 9.97 Å². The van der Waals surface area contributed by atoms with Crippen molar-refractivity contribution in [3.05, 3.63) is 72.4 Å². The number of nitrogens with one attached hydrogen (secondary N) is 2. The molecule has 1 aliphatic rings. The predicted molar refractivity (Wildman–Crippen MR) is 115 cm³/mol. The van der Waals surface area contributed by atoms with Gasteiger partial charge in [0.15, 0.2) is 0 Å². The lowest BCUT2D eigenvalue weighted by Crippen LogP contribution is -2.73. The monoisotopic (exact) mass is 383 g/mol. The maximum absolute atomic E-state index is 4.97. The highest BCUT2D eigenvalue weighted by molar-refractivity contribution is 5.89. The second-order valence-electron chi connectivity index (χ2n) is 7.87. The van der Waals surface area contributed by atoms with E-state index in [0.717, 1.165) is 33.4 Å². The Morgan fingerprint density at radius 2 is 1.72 bits per heavy atom. The van der Waals surface area contributed by atoms with E-state index in [0.29, 0.717) is 5.95 Å².